The van der Waals surface area contributed by atoms with Crippen LogP contribution in [0, 0.1) is 0 Å². The Morgan fingerprint density at radius 1 is 0.793 bits per heavy atom. The van der Waals surface area contributed by atoms with Gasteiger partial charge in [0.25, 0.3) is 0 Å². The van der Waals surface area contributed by atoms with Crippen LogP contribution in [0.3, 0.4) is 0 Å². The van der Waals surface area contributed by atoms with Crippen molar-refractivity contribution in [3.8, 4) is 0 Å². The van der Waals surface area contributed by atoms with E-state index in [1.54, 1.807) is 6.92 Å². The summed E-state index contributed by atoms with van der Waals surface area (Å²) in [6.45, 7) is 4.78. The normalized spacial score (nSPS) is 13.0. The third kappa shape index (κ3) is 24.4. The Kier molecular flexibility index (Phi) is 24.8. The highest BCUT2D eigenvalue weighted by atomic mass is 32.2. The molecule has 2 N–H and O–H groups in total. The molecule has 0 aromatic carbocycles. The van der Waals surface area contributed by atoms with Gasteiger partial charge in [-0.3, -0.25) is 0 Å². The van der Waals surface area contributed by atoms with Crippen LogP contribution in [-0.2, 0) is 18.7 Å². The molecule has 2 atom stereocenters. The van der Waals surface area contributed by atoms with Crippen LogP contribution in [0.1, 0.15) is 110 Å². The van der Waals surface area contributed by atoms with Crippen molar-refractivity contribution in [1.82, 2.24) is 0 Å². The summed E-state index contributed by atoms with van der Waals surface area (Å²) in [5.74, 6) is 2.24. The summed E-state index contributed by atoms with van der Waals surface area (Å²) in [6, 6.07) is 0. The Balaban J connectivity index is 3.11. The second-order valence-corrected chi connectivity index (χ2v) is 9.92. The first-order valence-corrected chi connectivity index (χ1v) is 14.2. The van der Waals surface area contributed by atoms with Crippen molar-refractivity contribution in [2.45, 2.75) is 116 Å². The number of hydrogen-bond donors (Lipinski definition) is 1. The second kappa shape index (κ2) is 24.6. The van der Waals surface area contributed by atoms with Crippen LogP contribution in [0.25, 0.3) is 0 Å². The van der Waals surface area contributed by atoms with Crippen molar-refractivity contribution in [3.05, 3.63) is 0 Å². The van der Waals surface area contributed by atoms with Gasteiger partial charge in [-0.25, -0.2) is 0 Å². The summed E-state index contributed by atoms with van der Waals surface area (Å²) in [5.41, 5.74) is 5.37. The lowest BCUT2D eigenvalue weighted by atomic mass is 10.0. The first kappa shape index (κ1) is 29.3. The average molecular weight is 453 g/mol. The van der Waals surface area contributed by atoms with Gasteiger partial charge in [0.05, 0.1) is 4.67 Å². The minimum atomic E-state index is -2.20. The maximum absolute atomic E-state index is 11.4. The van der Waals surface area contributed by atoms with Gasteiger partial charge in [0.15, 0.2) is 0 Å². The van der Waals surface area contributed by atoms with Gasteiger partial charge in [-0.2, -0.15) is 16.6 Å². The van der Waals surface area contributed by atoms with Crippen molar-refractivity contribution >= 4 is 20.0 Å². The van der Waals surface area contributed by atoms with Gasteiger partial charge in [-0.15, -0.1) is 4.52 Å². The van der Waals surface area contributed by atoms with Crippen molar-refractivity contribution < 1.29 is 18.7 Å². The first-order valence-electron chi connectivity index (χ1n) is 11.9. The van der Waals surface area contributed by atoms with Crippen LogP contribution in [0.2, 0.25) is 0 Å². The molecule has 29 heavy (non-hydrogen) atoms. The molecule has 0 aliphatic heterocycles. The van der Waals surface area contributed by atoms with E-state index in [1.807, 2.05) is 11.8 Å². The topological polar surface area (TPSA) is 70.8 Å². The monoisotopic (exact) mass is 452 g/mol. The Hall–Kier alpha value is 0.290. The molecule has 2 unspecified atom stereocenters. The molecule has 0 aromatic rings. The van der Waals surface area contributed by atoms with Gasteiger partial charge in [0, 0.05) is 11.1 Å². The highest BCUT2D eigenvalue weighted by Gasteiger charge is 2.23. The van der Waals surface area contributed by atoms with E-state index >= 15 is 0 Å². The van der Waals surface area contributed by atoms with Gasteiger partial charge in [0.2, 0.25) is 0 Å². The van der Waals surface area contributed by atoms with Crippen LogP contribution in [0.4, 0.5) is 0 Å². The number of unbranched alkanes of at least 4 members (excludes halogenated alkanes) is 13. The fourth-order valence-electron chi connectivity index (χ4n) is 2.97. The largest absolute Gasteiger partial charge is 0.728 e. The van der Waals surface area contributed by atoms with Crippen LogP contribution in [-0.4, -0.2) is 30.8 Å². The first-order chi connectivity index (χ1) is 14.2. The molecule has 7 heteroatoms. The molecular weight excluding hydrogens is 405 g/mol. The molecule has 0 rings (SSSR count). The fraction of sp³-hybridized carbons (Fsp3) is 1.00. The van der Waals surface area contributed by atoms with E-state index in [9.17, 15) is 4.57 Å². The zero-order valence-electron chi connectivity index (χ0n) is 19.1. The van der Waals surface area contributed by atoms with Crippen LogP contribution in [0.15, 0.2) is 0 Å². The Morgan fingerprint density at radius 3 is 1.79 bits per heavy atom. The number of nitrogens with two attached hydrogens (primary N) is 1. The van der Waals surface area contributed by atoms with Gasteiger partial charge < -0.3 is 5.73 Å². The third-order valence-electron chi connectivity index (χ3n) is 4.87. The minimum Gasteiger partial charge on any atom is -0.328 e. The zero-order chi connectivity index (χ0) is 21.4. The molecule has 174 valence electrons. The molecule has 0 fully saturated rings. The van der Waals surface area contributed by atoms with Crippen LogP contribution in [0.5, 0.6) is 0 Å². The smallest absolute Gasteiger partial charge is 0.328 e. The molecule has 0 spiro atoms. The quantitative estimate of drug-likeness (QED) is 0.0705. The summed E-state index contributed by atoms with van der Waals surface area (Å²) < 4.78 is 21.1. The standard InChI is InChI=1S/C22H47NO4PS/c1-3-4-5-6-7-8-9-10-11-12-13-14-15-16-19-29-20-17-18-25-28(24)27-26-22(2)21-23/h22H,3-21,23H2,1-2H3/q+1. The molecule has 0 amide bonds. The minimum absolute atomic E-state index is 0.279. The van der Waals surface area contributed by atoms with E-state index < -0.39 is 8.25 Å². The Bertz CT molecular complexity index is 351. The van der Waals surface area contributed by atoms with Crippen molar-refractivity contribution in [2.24, 2.45) is 5.73 Å². The lowest BCUT2D eigenvalue weighted by molar-refractivity contribution is -0.239. The molecule has 0 heterocycles. The molecular formula is C22H47NO4PS+. The third-order valence-corrected chi connectivity index (χ3v) is 6.63. The summed E-state index contributed by atoms with van der Waals surface area (Å²) in [6.07, 6.45) is 20.2. The van der Waals surface area contributed by atoms with E-state index in [4.69, 9.17) is 15.1 Å². The maximum atomic E-state index is 11.4. The SMILES string of the molecule is CCCCCCCCCCCCCCCCSCCCO[P+](=O)OOC(C)CN. The van der Waals surface area contributed by atoms with E-state index in [0.29, 0.717) is 13.2 Å². The highest BCUT2D eigenvalue weighted by Crippen LogP contribution is 2.25. The molecule has 0 aliphatic carbocycles. The summed E-state index contributed by atoms with van der Waals surface area (Å²) in [5, 5.41) is 0. The molecule has 0 saturated heterocycles. The summed E-state index contributed by atoms with van der Waals surface area (Å²) in [7, 11) is -2.20. The number of hydrogen-bond acceptors (Lipinski definition) is 6. The predicted molar refractivity (Wildman–Crippen MR) is 126 cm³/mol. The zero-order valence-corrected chi connectivity index (χ0v) is 20.8. The molecule has 0 bridgehead atoms. The van der Waals surface area contributed by atoms with E-state index in [2.05, 4.69) is 11.6 Å². The fourth-order valence-corrected chi connectivity index (χ4v) is 4.44. The van der Waals surface area contributed by atoms with E-state index in [1.165, 1.54) is 95.6 Å². The van der Waals surface area contributed by atoms with Crippen LogP contribution >= 0.6 is 20.0 Å². The van der Waals surface area contributed by atoms with E-state index in [-0.39, 0.29) is 6.10 Å². The average Bonchev–Trinajstić information content (AvgIpc) is 2.73. The highest BCUT2D eigenvalue weighted by molar-refractivity contribution is 7.99. The van der Waals surface area contributed by atoms with Gasteiger partial charge in [0.1, 0.15) is 12.7 Å². The lowest BCUT2D eigenvalue weighted by Gasteiger charge is -2.03. The van der Waals surface area contributed by atoms with Gasteiger partial charge >= 0.3 is 8.25 Å². The summed E-state index contributed by atoms with van der Waals surface area (Å²) >= 11 is 1.95. The Labute approximate surface area is 185 Å². The predicted octanol–water partition coefficient (Wildman–Crippen LogP) is 7.56. The lowest BCUT2D eigenvalue weighted by Crippen LogP contribution is -2.19. The number of rotatable bonds is 24. The molecule has 0 saturated carbocycles. The van der Waals surface area contributed by atoms with Gasteiger partial charge in [-0.1, -0.05) is 90.4 Å². The van der Waals surface area contributed by atoms with Crippen molar-refractivity contribution in [3.63, 3.8) is 0 Å². The molecule has 0 aliphatic rings. The maximum Gasteiger partial charge on any atom is 0.728 e. The molecule has 5 nitrogen and oxygen atoms in total. The Morgan fingerprint density at radius 2 is 1.28 bits per heavy atom. The summed E-state index contributed by atoms with van der Waals surface area (Å²) in [4.78, 5) is 4.81. The molecule has 0 radical (unpaired) electrons. The number of thioether (sulfide) groups is 1. The van der Waals surface area contributed by atoms with Gasteiger partial charge in [-0.05, 0) is 31.3 Å². The second-order valence-electron chi connectivity index (χ2n) is 7.84. The van der Waals surface area contributed by atoms with Crippen LogP contribution < -0.4 is 5.73 Å². The van der Waals surface area contributed by atoms with Crippen molar-refractivity contribution in [1.29, 1.82) is 0 Å². The van der Waals surface area contributed by atoms with Crippen molar-refractivity contribution in [2.75, 3.05) is 24.7 Å². The molecule has 0 aromatic heterocycles. The van der Waals surface area contributed by atoms with E-state index in [0.717, 1.165) is 12.2 Å².